The number of rotatable bonds is 7. The number of aliphatic carboxylic acids is 1. The Balaban J connectivity index is 1.89. The first-order valence-electron chi connectivity index (χ1n) is 8.30. The molecule has 0 radical (unpaired) electrons. The van der Waals surface area contributed by atoms with E-state index in [2.05, 4.69) is 10.6 Å². The van der Waals surface area contributed by atoms with Gasteiger partial charge < -0.3 is 15.7 Å². The Morgan fingerprint density at radius 2 is 1.69 bits per heavy atom. The van der Waals surface area contributed by atoms with E-state index in [1.807, 2.05) is 19.9 Å². The Kier molecular flexibility index (Phi) is 6.49. The van der Waals surface area contributed by atoms with Gasteiger partial charge in [-0.25, -0.2) is 0 Å². The van der Waals surface area contributed by atoms with Crippen LogP contribution in [0.2, 0.25) is 0 Å². The van der Waals surface area contributed by atoms with Crippen molar-refractivity contribution in [3.05, 3.63) is 64.7 Å². The third kappa shape index (κ3) is 6.05. The van der Waals surface area contributed by atoms with Gasteiger partial charge in [0, 0.05) is 17.7 Å². The van der Waals surface area contributed by atoms with Gasteiger partial charge in [-0.05, 0) is 50.1 Å². The predicted octanol–water partition coefficient (Wildman–Crippen LogP) is 2.69. The highest BCUT2D eigenvalue weighted by Gasteiger charge is 2.09. The van der Waals surface area contributed by atoms with E-state index < -0.39 is 5.97 Å². The molecule has 0 heterocycles. The summed E-state index contributed by atoms with van der Waals surface area (Å²) in [5.74, 6) is -1.52. The third-order valence-corrected chi connectivity index (χ3v) is 3.73. The van der Waals surface area contributed by atoms with E-state index in [0.717, 1.165) is 16.7 Å². The largest absolute Gasteiger partial charge is 0.481 e. The quantitative estimate of drug-likeness (QED) is 0.712. The minimum absolute atomic E-state index is 0.0311. The molecule has 0 fully saturated rings. The lowest BCUT2D eigenvalue weighted by Gasteiger charge is -2.09. The number of nitrogens with one attached hydrogen (secondary N) is 2. The summed E-state index contributed by atoms with van der Waals surface area (Å²) in [6.07, 6.45) is 0.422. The molecule has 3 N–H and O–H groups in total. The molecule has 2 aromatic rings. The first-order chi connectivity index (χ1) is 12.3. The van der Waals surface area contributed by atoms with Crippen molar-refractivity contribution in [2.24, 2.45) is 0 Å². The topological polar surface area (TPSA) is 95.5 Å². The molecule has 0 atom stereocenters. The van der Waals surface area contributed by atoms with Crippen molar-refractivity contribution in [2.75, 3.05) is 11.9 Å². The standard InChI is InChI=1S/C20H22N2O4/c1-13-8-14(2)10-16(9-13)20(26)21-12-18(23)22-17-5-3-4-15(11-17)6-7-19(24)25/h3-5,8-11H,6-7,12H2,1-2H3,(H,21,26)(H,22,23)(H,24,25). The highest BCUT2D eigenvalue weighted by Crippen LogP contribution is 2.12. The van der Waals surface area contributed by atoms with Crippen LogP contribution >= 0.6 is 0 Å². The number of hydrogen-bond acceptors (Lipinski definition) is 3. The summed E-state index contributed by atoms with van der Waals surface area (Å²) in [5.41, 5.74) is 3.88. The van der Waals surface area contributed by atoms with Crippen LogP contribution in [0.1, 0.15) is 33.5 Å². The molecule has 0 spiro atoms. The molecule has 2 amide bonds. The number of carboxylic acid groups (broad SMARTS) is 1. The van der Waals surface area contributed by atoms with Gasteiger partial charge in [-0.2, -0.15) is 0 Å². The van der Waals surface area contributed by atoms with E-state index in [0.29, 0.717) is 17.7 Å². The van der Waals surface area contributed by atoms with Crippen LogP contribution in [-0.2, 0) is 16.0 Å². The van der Waals surface area contributed by atoms with E-state index in [-0.39, 0.29) is 24.8 Å². The number of benzene rings is 2. The summed E-state index contributed by atoms with van der Waals surface area (Å²) in [6, 6.07) is 12.5. The van der Waals surface area contributed by atoms with Crippen LogP contribution in [-0.4, -0.2) is 29.4 Å². The number of aryl methyl sites for hydroxylation is 3. The average molecular weight is 354 g/mol. The van der Waals surface area contributed by atoms with Gasteiger partial charge in [0.25, 0.3) is 5.91 Å². The van der Waals surface area contributed by atoms with Gasteiger partial charge in [-0.3, -0.25) is 14.4 Å². The summed E-state index contributed by atoms with van der Waals surface area (Å²) >= 11 is 0. The fourth-order valence-electron chi connectivity index (χ4n) is 2.63. The van der Waals surface area contributed by atoms with E-state index in [4.69, 9.17) is 5.11 Å². The van der Waals surface area contributed by atoms with E-state index in [1.165, 1.54) is 0 Å². The van der Waals surface area contributed by atoms with Crippen molar-refractivity contribution in [1.29, 1.82) is 0 Å². The van der Waals surface area contributed by atoms with Crippen molar-refractivity contribution in [2.45, 2.75) is 26.7 Å². The van der Waals surface area contributed by atoms with Gasteiger partial charge >= 0.3 is 5.97 Å². The van der Waals surface area contributed by atoms with Crippen molar-refractivity contribution < 1.29 is 19.5 Å². The molecule has 0 saturated heterocycles. The second kappa shape index (κ2) is 8.80. The zero-order chi connectivity index (χ0) is 19.1. The van der Waals surface area contributed by atoms with Crippen LogP contribution in [0, 0.1) is 13.8 Å². The fourth-order valence-corrected chi connectivity index (χ4v) is 2.63. The summed E-state index contributed by atoms with van der Waals surface area (Å²) in [4.78, 5) is 34.8. The molecule has 0 aliphatic carbocycles. The molecule has 6 heteroatoms. The van der Waals surface area contributed by atoms with Crippen molar-refractivity contribution in [3.8, 4) is 0 Å². The lowest BCUT2D eigenvalue weighted by Crippen LogP contribution is -2.32. The third-order valence-electron chi connectivity index (χ3n) is 3.73. The summed E-state index contributed by atoms with van der Waals surface area (Å²) in [5, 5.41) is 14.0. The van der Waals surface area contributed by atoms with Crippen molar-refractivity contribution >= 4 is 23.5 Å². The number of carbonyl (C=O) groups excluding carboxylic acids is 2. The van der Waals surface area contributed by atoms with Gasteiger partial charge in [-0.15, -0.1) is 0 Å². The highest BCUT2D eigenvalue weighted by molar-refractivity contribution is 5.99. The van der Waals surface area contributed by atoms with E-state index in [1.54, 1.807) is 36.4 Å². The molecular formula is C20H22N2O4. The van der Waals surface area contributed by atoms with Crippen LogP contribution in [0.3, 0.4) is 0 Å². The lowest BCUT2D eigenvalue weighted by molar-refractivity contribution is -0.137. The monoisotopic (exact) mass is 354 g/mol. The van der Waals surface area contributed by atoms with Crippen LogP contribution in [0.15, 0.2) is 42.5 Å². The Hall–Kier alpha value is -3.15. The molecule has 2 rings (SSSR count). The Morgan fingerprint density at radius 1 is 1.00 bits per heavy atom. The number of amides is 2. The van der Waals surface area contributed by atoms with Gasteiger partial charge in [-0.1, -0.05) is 29.3 Å². The first-order valence-corrected chi connectivity index (χ1v) is 8.30. The van der Waals surface area contributed by atoms with Gasteiger partial charge in [0.05, 0.1) is 6.54 Å². The zero-order valence-electron chi connectivity index (χ0n) is 14.8. The SMILES string of the molecule is Cc1cc(C)cc(C(=O)NCC(=O)Nc2cccc(CCC(=O)O)c2)c1. The fraction of sp³-hybridized carbons (Fsp3) is 0.250. The molecule has 0 bridgehead atoms. The maximum Gasteiger partial charge on any atom is 0.303 e. The maximum atomic E-state index is 12.2. The minimum atomic E-state index is -0.867. The van der Waals surface area contributed by atoms with Crippen LogP contribution in [0.25, 0.3) is 0 Å². The van der Waals surface area contributed by atoms with Gasteiger partial charge in [0.15, 0.2) is 0 Å². The summed E-state index contributed by atoms with van der Waals surface area (Å²) < 4.78 is 0. The summed E-state index contributed by atoms with van der Waals surface area (Å²) in [6.45, 7) is 3.67. The molecule has 6 nitrogen and oxygen atoms in total. The minimum Gasteiger partial charge on any atom is -0.481 e. The number of carbonyl (C=O) groups is 3. The van der Waals surface area contributed by atoms with Gasteiger partial charge in [0.2, 0.25) is 5.91 Å². The molecule has 26 heavy (non-hydrogen) atoms. The number of carboxylic acids is 1. The lowest BCUT2D eigenvalue weighted by atomic mass is 10.1. The molecule has 0 aliphatic rings. The predicted molar refractivity (Wildman–Crippen MR) is 99.3 cm³/mol. The van der Waals surface area contributed by atoms with Crippen molar-refractivity contribution in [1.82, 2.24) is 5.32 Å². The second-order valence-electron chi connectivity index (χ2n) is 6.20. The smallest absolute Gasteiger partial charge is 0.303 e. The molecule has 2 aromatic carbocycles. The molecule has 0 aromatic heterocycles. The van der Waals surface area contributed by atoms with Crippen LogP contribution in [0.4, 0.5) is 5.69 Å². The van der Waals surface area contributed by atoms with E-state index in [9.17, 15) is 14.4 Å². The molecular weight excluding hydrogens is 332 g/mol. The first kappa shape index (κ1) is 19.2. The normalized spacial score (nSPS) is 10.2. The van der Waals surface area contributed by atoms with Crippen LogP contribution in [0.5, 0.6) is 0 Å². The molecule has 0 unspecified atom stereocenters. The van der Waals surface area contributed by atoms with Crippen LogP contribution < -0.4 is 10.6 Å². The number of anilines is 1. The Labute approximate surface area is 152 Å². The molecule has 136 valence electrons. The Morgan fingerprint density at radius 3 is 2.35 bits per heavy atom. The second-order valence-corrected chi connectivity index (χ2v) is 6.20. The van der Waals surface area contributed by atoms with Gasteiger partial charge in [0.1, 0.15) is 0 Å². The molecule has 0 aliphatic heterocycles. The number of hydrogen-bond donors (Lipinski definition) is 3. The highest BCUT2D eigenvalue weighted by atomic mass is 16.4. The molecule has 0 saturated carbocycles. The zero-order valence-corrected chi connectivity index (χ0v) is 14.8. The maximum absolute atomic E-state index is 12.2. The Bertz CT molecular complexity index is 810. The van der Waals surface area contributed by atoms with E-state index >= 15 is 0 Å². The van der Waals surface area contributed by atoms with Crippen molar-refractivity contribution in [3.63, 3.8) is 0 Å². The summed E-state index contributed by atoms with van der Waals surface area (Å²) in [7, 11) is 0. The average Bonchev–Trinajstić information content (AvgIpc) is 2.57.